The number of hydrogen-bond donors (Lipinski definition) is 0. The molecule has 0 spiro atoms. The molecule has 0 N–H and O–H groups in total. The number of ether oxygens (including phenoxy) is 1. The summed E-state index contributed by atoms with van der Waals surface area (Å²) in [5.41, 5.74) is -0.201. The summed E-state index contributed by atoms with van der Waals surface area (Å²) in [5.74, 6) is 1.08. The zero-order valence-corrected chi connectivity index (χ0v) is 9.85. The first-order valence-corrected chi connectivity index (χ1v) is 5.54. The standard InChI is InChI=1S/C10H15BrO2/c1-10(2,3)13-8-4-7(6-11)9(12)5-8/h5,7H,4,6H2,1-3H3. The number of halogens is 1. The predicted octanol–water partition coefficient (Wildman–Crippen LogP) is 2.67. The zero-order valence-electron chi connectivity index (χ0n) is 8.26. The van der Waals surface area contributed by atoms with Crippen molar-refractivity contribution in [1.82, 2.24) is 0 Å². The molecule has 1 rings (SSSR count). The van der Waals surface area contributed by atoms with E-state index in [0.717, 1.165) is 17.5 Å². The second-order valence-electron chi connectivity index (χ2n) is 4.28. The van der Waals surface area contributed by atoms with Gasteiger partial charge in [0, 0.05) is 23.7 Å². The Hall–Kier alpha value is -0.310. The Morgan fingerprint density at radius 2 is 2.23 bits per heavy atom. The van der Waals surface area contributed by atoms with Gasteiger partial charge in [0.25, 0.3) is 0 Å². The zero-order chi connectivity index (χ0) is 10.1. The highest BCUT2D eigenvalue weighted by Gasteiger charge is 2.27. The lowest BCUT2D eigenvalue weighted by Gasteiger charge is -2.22. The van der Waals surface area contributed by atoms with Gasteiger partial charge >= 0.3 is 0 Å². The molecule has 0 saturated heterocycles. The molecule has 0 aromatic carbocycles. The highest BCUT2D eigenvalue weighted by Crippen LogP contribution is 2.27. The van der Waals surface area contributed by atoms with E-state index in [-0.39, 0.29) is 17.3 Å². The van der Waals surface area contributed by atoms with Crippen molar-refractivity contribution in [2.45, 2.75) is 32.8 Å². The molecule has 1 aliphatic rings. The van der Waals surface area contributed by atoms with Crippen LogP contribution in [-0.2, 0) is 9.53 Å². The fourth-order valence-electron chi connectivity index (χ4n) is 1.27. The topological polar surface area (TPSA) is 26.3 Å². The summed E-state index contributed by atoms with van der Waals surface area (Å²) in [7, 11) is 0. The highest BCUT2D eigenvalue weighted by atomic mass is 79.9. The molecule has 0 aliphatic heterocycles. The summed E-state index contributed by atoms with van der Waals surface area (Å²) in [6.45, 7) is 5.96. The third-order valence-electron chi connectivity index (χ3n) is 1.78. The van der Waals surface area contributed by atoms with E-state index in [4.69, 9.17) is 4.74 Å². The highest BCUT2D eigenvalue weighted by molar-refractivity contribution is 9.09. The average molecular weight is 247 g/mol. The van der Waals surface area contributed by atoms with Gasteiger partial charge in [-0.15, -0.1) is 0 Å². The first kappa shape index (κ1) is 10.8. The molecule has 2 nitrogen and oxygen atoms in total. The van der Waals surface area contributed by atoms with Crippen molar-refractivity contribution in [3.63, 3.8) is 0 Å². The molecule has 1 unspecified atom stereocenters. The summed E-state index contributed by atoms with van der Waals surface area (Å²) >= 11 is 3.31. The van der Waals surface area contributed by atoms with Crippen molar-refractivity contribution in [3.8, 4) is 0 Å². The van der Waals surface area contributed by atoms with E-state index in [1.165, 1.54) is 0 Å². The minimum absolute atomic E-state index is 0.0809. The van der Waals surface area contributed by atoms with Crippen LogP contribution in [-0.4, -0.2) is 16.7 Å². The van der Waals surface area contributed by atoms with Crippen molar-refractivity contribution >= 4 is 21.7 Å². The van der Waals surface area contributed by atoms with Crippen LogP contribution in [0.25, 0.3) is 0 Å². The quantitative estimate of drug-likeness (QED) is 0.701. The number of alkyl halides is 1. The molecule has 0 fully saturated rings. The Bertz CT molecular complexity index is 238. The monoisotopic (exact) mass is 246 g/mol. The summed E-state index contributed by atoms with van der Waals surface area (Å²) in [4.78, 5) is 11.3. The molecule has 0 aromatic heterocycles. The van der Waals surface area contributed by atoms with Crippen LogP contribution < -0.4 is 0 Å². The number of carbonyl (C=O) groups excluding carboxylic acids is 1. The number of rotatable bonds is 2. The molecule has 1 aliphatic carbocycles. The lowest BCUT2D eigenvalue weighted by Crippen LogP contribution is -2.18. The van der Waals surface area contributed by atoms with Crippen LogP contribution in [0.5, 0.6) is 0 Å². The Balaban J connectivity index is 2.57. The molecular weight excluding hydrogens is 232 g/mol. The molecule has 0 saturated carbocycles. The Labute approximate surface area is 87.5 Å². The van der Waals surface area contributed by atoms with Crippen LogP contribution >= 0.6 is 15.9 Å². The third-order valence-corrected chi connectivity index (χ3v) is 2.56. The first-order chi connectivity index (χ1) is 5.92. The lowest BCUT2D eigenvalue weighted by molar-refractivity contribution is -0.116. The van der Waals surface area contributed by atoms with Crippen molar-refractivity contribution in [1.29, 1.82) is 0 Å². The number of hydrogen-bond acceptors (Lipinski definition) is 2. The van der Waals surface area contributed by atoms with E-state index < -0.39 is 0 Å². The molecule has 13 heavy (non-hydrogen) atoms. The number of ketones is 1. The maximum absolute atomic E-state index is 11.3. The van der Waals surface area contributed by atoms with Crippen LogP contribution in [0.3, 0.4) is 0 Å². The van der Waals surface area contributed by atoms with Gasteiger partial charge in [0.1, 0.15) is 11.4 Å². The lowest BCUT2D eigenvalue weighted by atomic mass is 10.1. The van der Waals surface area contributed by atoms with Gasteiger partial charge in [0.2, 0.25) is 0 Å². The minimum Gasteiger partial charge on any atom is -0.492 e. The Morgan fingerprint density at radius 1 is 1.62 bits per heavy atom. The number of allylic oxidation sites excluding steroid dienone is 2. The van der Waals surface area contributed by atoms with Crippen molar-refractivity contribution in [2.75, 3.05) is 5.33 Å². The minimum atomic E-state index is -0.201. The average Bonchev–Trinajstić information content (AvgIpc) is 2.26. The van der Waals surface area contributed by atoms with Gasteiger partial charge < -0.3 is 4.74 Å². The molecule has 0 radical (unpaired) electrons. The normalized spacial score (nSPS) is 23.2. The summed E-state index contributed by atoms with van der Waals surface area (Å²) in [6.07, 6.45) is 2.36. The molecule has 3 heteroatoms. The van der Waals surface area contributed by atoms with E-state index in [1.54, 1.807) is 6.08 Å². The second kappa shape index (κ2) is 3.82. The second-order valence-corrected chi connectivity index (χ2v) is 4.93. The van der Waals surface area contributed by atoms with Gasteiger partial charge in [0.05, 0.1) is 0 Å². The summed E-state index contributed by atoms with van der Waals surface area (Å²) in [5, 5.41) is 0.722. The van der Waals surface area contributed by atoms with E-state index in [2.05, 4.69) is 15.9 Å². The van der Waals surface area contributed by atoms with E-state index in [1.807, 2.05) is 20.8 Å². The van der Waals surface area contributed by atoms with Gasteiger partial charge in [-0.05, 0) is 20.8 Å². The van der Waals surface area contributed by atoms with Crippen molar-refractivity contribution < 1.29 is 9.53 Å². The van der Waals surface area contributed by atoms with Crippen molar-refractivity contribution in [2.24, 2.45) is 5.92 Å². The molecule has 0 heterocycles. The van der Waals surface area contributed by atoms with Gasteiger partial charge in [0.15, 0.2) is 5.78 Å². The van der Waals surface area contributed by atoms with Gasteiger partial charge in [-0.1, -0.05) is 15.9 Å². The Kier molecular flexibility index (Phi) is 3.17. The van der Waals surface area contributed by atoms with Crippen LogP contribution in [0.1, 0.15) is 27.2 Å². The smallest absolute Gasteiger partial charge is 0.163 e. The van der Waals surface area contributed by atoms with E-state index in [0.29, 0.717) is 0 Å². The van der Waals surface area contributed by atoms with E-state index in [9.17, 15) is 4.79 Å². The third kappa shape index (κ3) is 3.14. The first-order valence-electron chi connectivity index (χ1n) is 4.42. The van der Waals surface area contributed by atoms with Crippen LogP contribution in [0.2, 0.25) is 0 Å². The maximum Gasteiger partial charge on any atom is 0.163 e. The van der Waals surface area contributed by atoms with Gasteiger partial charge in [-0.3, -0.25) is 4.79 Å². The number of carbonyl (C=O) groups is 1. The van der Waals surface area contributed by atoms with Crippen LogP contribution in [0.4, 0.5) is 0 Å². The molecular formula is C10H15BrO2. The summed E-state index contributed by atoms with van der Waals surface area (Å²) in [6, 6.07) is 0. The molecule has 0 bridgehead atoms. The maximum atomic E-state index is 11.3. The largest absolute Gasteiger partial charge is 0.492 e. The van der Waals surface area contributed by atoms with Crippen LogP contribution in [0.15, 0.2) is 11.8 Å². The van der Waals surface area contributed by atoms with E-state index >= 15 is 0 Å². The molecule has 0 amide bonds. The summed E-state index contributed by atoms with van der Waals surface area (Å²) < 4.78 is 5.62. The van der Waals surface area contributed by atoms with Crippen LogP contribution in [0, 0.1) is 5.92 Å². The van der Waals surface area contributed by atoms with Gasteiger partial charge in [-0.25, -0.2) is 0 Å². The Morgan fingerprint density at radius 3 is 2.62 bits per heavy atom. The molecule has 1 atom stereocenters. The molecule has 74 valence electrons. The fraction of sp³-hybridized carbons (Fsp3) is 0.700. The van der Waals surface area contributed by atoms with Gasteiger partial charge in [-0.2, -0.15) is 0 Å². The molecule has 0 aromatic rings. The SMILES string of the molecule is CC(C)(C)OC1=CC(=O)C(CBr)C1. The fourth-order valence-corrected chi connectivity index (χ4v) is 1.82. The van der Waals surface area contributed by atoms with Crippen molar-refractivity contribution in [3.05, 3.63) is 11.8 Å². The predicted molar refractivity (Wildman–Crippen MR) is 55.8 cm³/mol.